The molecule has 0 spiro atoms. The van der Waals surface area contributed by atoms with E-state index in [0.29, 0.717) is 23.7 Å². The molecule has 19 heavy (non-hydrogen) atoms. The minimum absolute atomic E-state index is 0.0245. The van der Waals surface area contributed by atoms with Crippen molar-refractivity contribution in [3.8, 4) is 11.5 Å². The average molecular weight is 259 g/mol. The summed E-state index contributed by atoms with van der Waals surface area (Å²) in [6, 6.07) is 3.61. The molecular weight excluding hydrogens is 242 g/mol. The molecule has 2 rings (SSSR count). The molecule has 1 N–H and O–H groups in total. The molecule has 2 aromatic heterocycles. The van der Waals surface area contributed by atoms with Crippen molar-refractivity contribution >= 4 is 5.91 Å². The number of aromatic nitrogens is 2. The summed E-state index contributed by atoms with van der Waals surface area (Å²) in [7, 11) is 0. The van der Waals surface area contributed by atoms with Crippen molar-refractivity contribution in [2.24, 2.45) is 5.41 Å². The third-order valence-electron chi connectivity index (χ3n) is 2.63. The zero-order valence-corrected chi connectivity index (χ0v) is 11.3. The van der Waals surface area contributed by atoms with Crippen molar-refractivity contribution in [3.05, 3.63) is 36.5 Å². The number of hydrogen-bond donors (Lipinski definition) is 1. The van der Waals surface area contributed by atoms with Gasteiger partial charge in [-0.3, -0.25) is 9.78 Å². The largest absolute Gasteiger partial charge is 0.463 e. The number of carbonyl (C=O) groups is 1. The van der Waals surface area contributed by atoms with Gasteiger partial charge >= 0.3 is 0 Å². The Labute approximate surface area is 112 Å². The summed E-state index contributed by atoms with van der Waals surface area (Å²) in [6.45, 7) is 5.94. The van der Waals surface area contributed by atoms with Gasteiger partial charge < -0.3 is 9.73 Å². The quantitative estimate of drug-likeness (QED) is 0.919. The second-order valence-electron chi connectivity index (χ2n) is 5.26. The first-order valence-electron chi connectivity index (χ1n) is 6.10. The van der Waals surface area contributed by atoms with Crippen LogP contribution in [0.1, 0.15) is 26.5 Å². The second kappa shape index (κ2) is 5.22. The van der Waals surface area contributed by atoms with Gasteiger partial charge in [0.1, 0.15) is 5.69 Å². The van der Waals surface area contributed by atoms with Gasteiger partial charge in [-0.1, -0.05) is 20.8 Å². The highest BCUT2D eigenvalue weighted by atomic mass is 16.3. The van der Waals surface area contributed by atoms with Crippen molar-refractivity contribution in [3.63, 3.8) is 0 Å². The predicted octanol–water partition coefficient (Wildman–Crippen LogP) is 2.40. The van der Waals surface area contributed by atoms with E-state index in [9.17, 15) is 4.79 Å². The maximum atomic E-state index is 11.9. The molecule has 0 saturated carbocycles. The maximum absolute atomic E-state index is 11.9. The lowest BCUT2D eigenvalue weighted by molar-refractivity contribution is -0.128. The van der Waals surface area contributed by atoms with Crippen LogP contribution in [0.25, 0.3) is 11.5 Å². The molecule has 5 nitrogen and oxygen atoms in total. The molecule has 0 aliphatic rings. The highest BCUT2D eigenvalue weighted by molar-refractivity contribution is 5.81. The van der Waals surface area contributed by atoms with E-state index in [2.05, 4.69) is 15.3 Å². The number of amides is 1. The molecule has 0 aliphatic carbocycles. The van der Waals surface area contributed by atoms with Crippen LogP contribution in [-0.4, -0.2) is 15.9 Å². The third-order valence-corrected chi connectivity index (χ3v) is 2.63. The van der Waals surface area contributed by atoms with E-state index < -0.39 is 5.41 Å². The predicted molar refractivity (Wildman–Crippen MR) is 71.0 cm³/mol. The van der Waals surface area contributed by atoms with Gasteiger partial charge in [0.15, 0.2) is 5.76 Å². The van der Waals surface area contributed by atoms with Crippen LogP contribution in [0.15, 0.2) is 35.2 Å². The number of hydrogen-bond acceptors (Lipinski definition) is 4. The third kappa shape index (κ3) is 3.19. The van der Waals surface area contributed by atoms with Gasteiger partial charge in [0.2, 0.25) is 5.91 Å². The molecule has 100 valence electrons. The Morgan fingerprint density at radius 1 is 1.32 bits per heavy atom. The summed E-state index contributed by atoms with van der Waals surface area (Å²) in [6.07, 6.45) is 4.79. The molecular formula is C14H17N3O2. The van der Waals surface area contributed by atoms with E-state index in [1.54, 1.807) is 24.7 Å². The summed E-state index contributed by atoms with van der Waals surface area (Å²) in [5, 5.41) is 2.86. The fraction of sp³-hybridized carbons (Fsp3) is 0.357. The first-order chi connectivity index (χ1) is 8.98. The molecule has 1 amide bonds. The van der Waals surface area contributed by atoms with Gasteiger partial charge in [-0.2, -0.15) is 0 Å². The Kier molecular flexibility index (Phi) is 3.64. The van der Waals surface area contributed by atoms with Crippen molar-refractivity contribution in [2.75, 3.05) is 0 Å². The molecule has 0 aromatic carbocycles. The first kappa shape index (κ1) is 13.3. The summed E-state index contributed by atoms with van der Waals surface area (Å²) in [4.78, 5) is 20.4. The lowest BCUT2D eigenvalue weighted by Gasteiger charge is -2.17. The van der Waals surface area contributed by atoms with Crippen LogP contribution in [0.4, 0.5) is 0 Å². The van der Waals surface area contributed by atoms with E-state index in [-0.39, 0.29) is 5.91 Å². The monoisotopic (exact) mass is 259 g/mol. The lowest BCUT2D eigenvalue weighted by Crippen LogP contribution is -2.34. The Balaban J connectivity index is 2.16. The molecule has 0 fully saturated rings. The van der Waals surface area contributed by atoms with Crippen molar-refractivity contribution in [1.82, 2.24) is 15.3 Å². The zero-order chi connectivity index (χ0) is 13.9. The Hall–Kier alpha value is -2.17. The SMILES string of the molecule is CC(C)(C)C(=O)NCc1nccnc1-c1ccco1. The van der Waals surface area contributed by atoms with Gasteiger partial charge in [0, 0.05) is 17.8 Å². The minimum atomic E-state index is -0.424. The molecule has 0 bridgehead atoms. The Morgan fingerprint density at radius 2 is 2.05 bits per heavy atom. The molecule has 2 heterocycles. The van der Waals surface area contributed by atoms with Crippen molar-refractivity contribution in [1.29, 1.82) is 0 Å². The van der Waals surface area contributed by atoms with Gasteiger partial charge in [-0.05, 0) is 12.1 Å². The molecule has 2 aromatic rings. The van der Waals surface area contributed by atoms with Crippen molar-refractivity contribution in [2.45, 2.75) is 27.3 Å². The summed E-state index contributed by atoms with van der Waals surface area (Å²) >= 11 is 0. The number of nitrogens with zero attached hydrogens (tertiary/aromatic N) is 2. The van der Waals surface area contributed by atoms with Gasteiger partial charge in [0.05, 0.1) is 18.5 Å². The van der Waals surface area contributed by atoms with Crippen molar-refractivity contribution < 1.29 is 9.21 Å². The van der Waals surface area contributed by atoms with Gasteiger partial charge in [0.25, 0.3) is 0 Å². The van der Waals surface area contributed by atoms with E-state index >= 15 is 0 Å². The summed E-state index contributed by atoms with van der Waals surface area (Å²) < 4.78 is 5.32. The second-order valence-corrected chi connectivity index (χ2v) is 5.26. The maximum Gasteiger partial charge on any atom is 0.225 e. The van der Waals surface area contributed by atoms with E-state index in [1.807, 2.05) is 26.8 Å². The number of rotatable bonds is 3. The van der Waals surface area contributed by atoms with E-state index in [0.717, 1.165) is 0 Å². The van der Waals surface area contributed by atoms with Crippen LogP contribution in [0.2, 0.25) is 0 Å². The van der Waals surface area contributed by atoms with Crippen LogP contribution in [0.3, 0.4) is 0 Å². The fourth-order valence-corrected chi connectivity index (χ4v) is 1.54. The topological polar surface area (TPSA) is 68.0 Å². The van der Waals surface area contributed by atoms with E-state index in [4.69, 9.17) is 4.42 Å². The first-order valence-corrected chi connectivity index (χ1v) is 6.10. The molecule has 0 atom stereocenters. The molecule has 5 heteroatoms. The number of nitrogens with one attached hydrogen (secondary N) is 1. The fourth-order valence-electron chi connectivity index (χ4n) is 1.54. The van der Waals surface area contributed by atoms with Crippen LogP contribution < -0.4 is 5.32 Å². The Morgan fingerprint density at radius 3 is 2.68 bits per heavy atom. The van der Waals surface area contributed by atoms with Crippen LogP contribution >= 0.6 is 0 Å². The summed E-state index contributed by atoms with van der Waals surface area (Å²) in [5.74, 6) is 0.622. The normalized spacial score (nSPS) is 11.3. The van der Waals surface area contributed by atoms with Gasteiger partial charge in [-0.15, -0.1) is 0 Å². The van der Waals surface area contributed by atoms with E-state index in [1.165, 1.54) is 0 Å². The molecule has 0 saturated heterocycles. The Bertz CT molecular complexity index is 556. The summed E-state index contributed by atoms with van der Waals surface area (Å²) in [5.41, 5.74) is 0.921. The molecule has 0 radical (unpaired) electrons. The average Bonchev–Trinajstić information content (AvgIpc) is 2.88. The lowest BCUT2D eigenvalue weighted by atomic mass is 9.96. The highest BCUT2D eigenvalue weighted by Gasteiger charge is 2.21. The molecule has 0 unspecified atom stereocenters. The highest BCUT2D eigenvalue weighted by Crippen LogP contribution is 2.20. The smallest absolute Gasteiger partial charge is 0.225 e. The molecule has 0 aliphatic heterocycles. The van der Waals surface area contributed by atoms with Crippen LogP contribution in [-0.2, 0) is 11.3 Å². The van der Waals surface area contributed by atoms with Gasteiger partial charge in [-0.25, -0.2) is 4.98 Å². The van der Waals surface area contributed by atoms with Crippen LogP contribution in [0.5, 0.6) is 0 Å². The standard InChI is InChI=1S/C14H17N3O2/c1-14(2,3)13(18)17-9-10-12(16-7-6-15-10)11-5-4-8-19-11/h4-8H,9H2,1-3H3,(H,17,18). The number of carbonyl (C=O) groups excluding carboxylic acids is 1. The van der Waals surface area contributed by atoms with Crippen LogP contribution in [0, 0.1) is 5.41 Å². The minimum Gasteiger partial charge on any atom is -0.463 e. The number of furan rings is 1. The zero-order valence-electron chi connectivity index (χ0n) is 11.3.